The molecule has 1 N–H and O–H groups in total. The van der Waals surface area contributed by atoms with Crippen LogP contribution in [0, 0.1) is 0 Å². The van der Waals surface area contributed by atoms with Gasteiger partial charge in [-0.15, -0.1) is 0 Å². The zero-order valence-electron chi connectivity index (χ0n) is 17.4. The van der Waals surface area contributed by atoms with E-state index in [1.165, 1.54) is 0 Å². The molecule has 2 aromatic carbocycles. The van der Waals surface area contributed by atoms with Gasteiger partial charge in [0.05, 0.1) is 12.1 Å². The SMILES string of the molecule is CC(C)NC(=O)CN1CCN(C(=O)c2ccccc2OCc2ccccc2Cl)CC1. The number of nitrogens with zero attached hydrogens (tertiary/aromatic N) is 2. The number of piperazine rings is 1. The van der Waals surface area contributed by atoms with E-state index >= 15 is 0 Å². The largest absolute Gasteiger partial charge is 0.488 e. The van der Waals surface area contributed by atoms with Gasteiger partial charge in [-0.2, -0.15) is 0 Å². The number of carbonyl (C=O) groups is 2. The van der Waals surface area contributed by atoms with Crippen LogP contribution in [-0.2, 0) is 11.4 Å². The number of benzene rings is 2. The molecular formula is C23H28ClN3O3. The van der Waals surface area contributed by atoms with Gasteiger partial charge < -0.3 is 15.0 Å². The van der Waals surface area contributed by atoms with Gasteiger partial charge in [0.25, 0.3) is 5.91 Å². The molecule has 0 saturated carbocycles. The monoisotopic (exact) mass is 429 g/mol. The summed E-state index contributed by atoms with van der Waals surface area (Å²) in [5.41, 5.74) is 1.41. The Bertz CT molecular complexity index is 880. The van der Waals surface area contributed by atoms with Crippen LogP contribution in [0.25, 0.3) is 0 Å². The maximum absolute atomic E-state index is 13.1. The highest BCUT2D eigenvalue weighted by atomic mass is 35.5. The molecule has 30 heavy (non-hydrogen) atoms. The second-order valence-corrected chi connectivity index (χ2v) is 8.07. The maximum Gasteiger partial charge on any atom is 0.257 e. The Morgan fingerprint density at radius 1 is 1.03 bits per heavy atom. The number of amides is 2. The van der Waals surface area contributed by atoms with E-state index < -0.39 is 0 Å². The number of ether oxygens (including phenoxy) is 1. The lowest BCUT2D eigenvalue weighted by molar-refractivity contribution is -0.123. The van der Waals surface area contributed by atoms with Crippen molar-refractivity contribution in [1.29, 1.82) is 0 Å². The van der Waals surface area contributed by atoms with Gasteiger partial charge in [0.1, 0.15) is 12.4 Å². The molecule has 1 aliphatic rings. The van der Waals surface area contributed by atoms with Crippen molar-refractivity contribution in [2.45, 2.75) is 26.5 Å². The van der Waals surface area contributed by atoms with Crippen molar-refractivity contribution < 1.29 is 14.3 Å². The Morgan fingerprint density at radius 2 is 1.70 bits per heavy atom. The van der Waals surface area contributed by atoms with Crippen molar-refractivity contribution in [3.8, 4) is 5.75 Å². The minimum Gasteiger partial charge on any atom is -0.488 e. The summed E-state index contributed by atoms with van der Waals surface area (Å²) in [4.78, 5) is 28.9. The van der Waals surface area contributed by atoms with Gasteiger partial charge in [-0.3, -0.25) is 14.5 Å². The van der Waals surface area contributed by atoms with E-state index in [0.717, 1.165) is 5.56 Å². The summed E-state index contributed by atoms with van der Waals surface area (Å²) in [5.74, 6) is 0.500. The van der Waals surface area contributed by atoms with Crippen molar-refractivity contribution in [3.05, 3.63) is 64.7 Å². The molecule has 2 amide bonds. The van der Waals surface area contributed by atoms with Gasteiger partial charge in [-0.05, 0) is 32.0 Å². The van der Waals surface area contributed by atoms with Gasteiger partial charge in [-0.25, -0.2) is 0 Å². The van der Waals surface area contributed by atoms with E-state index in [1.807, 2.05) is 55.1 Å². The van der Waals surface area contributed by atoms with Crippen LogP contribution < -0.4 is 10.1 Å². The number of hydrogen-bond donors (Lipinski definition) is 1. The quantitative estimate of drug-likeness (QED) is 0.734. The van der Waals surface area contributed by atoms with Crippen LogP contribution >= 0.6 is 11.6 Å². The van der Waals surface area contributed by atoms with E-state index in [-0.39, 0.29) is 17.9 Å². The molecule has 0 bridgehead atoms. The molecule has 0 radical (unpaired) electrons. The lowest BCUT2D eigenvalue weighted by Gasteiger charge is -2.34. The van der Waals surface area contributed by atoms with Crippen molar-refractivity contribution in [2.24, 2.45) is 0 Å². The predicted molar refractivity (Wildman–Crippen MR) is 118 cm³/mol. The highest BCUT2D eigenvalue weighted by molar-refractivity contribution is 6.31. The van der Waals surface area contributed by atoms with Crippen LogP contribution in [0.2, 0.25) is 5.02 Å². The zero-order valence-corrected chi connectivity index (χ0v) is 18.2. The Morgan fingerprint density at radius 3 is 2.40 bits per heavy atom. The third-order valence-electron chi connectivity index (χ3n) is 4.93. The van der Waals surface area contributed by atoms with Gasteiger partial charge in [0.2, 0.25) is 5.91 Å². The van der Waals surface area contributed by atoms with E-state index in [2.05, 4.69) is 10.2 Å². The summed E-state index contributed by atoms with van der Waals surface area (Å²) < 4.78 is 5.93. The zero-order chi connectivity index (χ0) is 21.5. The van der Waals surface area contributed by atoms with Crippen LogP contribution in [0.1, 0.15) is 29.8 Å². The number of nitrogens with one attached hydrogen (secondary N) is 1. The first-order valence-corrected chi connectivity index (χ1v) is 10.6. The summed E-state index contributed by atoms with van der Waals surface area (Å²) in [7, 11) is 0. The van der Waals surface area contributed by atoms with Crippen LogP contribution in [0.3, 0.4) is 0 Å². The minimum absolute atomic E-state index is 0.0168. The first-order chi connectivity index (χ1) is 14.4. The molecule has 160 valence electrons. The fourth-order valence-electron chi connectivity index (χ4n) is 3.39. The van der Waals surface area contributed by atoms with Crippen LogP contribution in [0.5, 0.6) is 5.75 Å². The van der Waals surface area contributed by atoms with Crippen molar-refractivity contribution >= 4 is 23.4 Å². The fourth-order valence-corrected chi connectivity index (χ4v) is 3.58. The number of carbonyl (C=O) groups excluding carboxylic acids is 2. The molecule has 0 atom stereocenters. The van der Waals surface area contributed by atoms with Gasteiger partial charge in [0, 0.05) is 42.8 Å². The molecule has 0 spiro atoms. The van der Waals surface area contributed by atoms with Gasteiger partial charge >= 0.3 is 0 Å². The fraction of sp³-hybridized carbons (Fsp3) is 0.391. The summed E-state index contributed by atoms with van der Waals surface area (Å²) in [6, 6.07) is 14.9. The molecule has 1 aliphatic heterocycles. The molecule has 0 aliphatic carbocycles. The number of rotatable bonds is 7. The predicted octanol–water partition coefficient (Wildman–Crippen LogP) is 3.20. The number of hydrogen-bond acceptors (Lipinski definition) is 4. The molecular weight excluding hydrogens is 402 g/mol. The van der Waals surface area contributed by atoms with Crippen molar-refractivity contribution in [2.75, 3.05) is 32.7 Å². The second kappa shape index (κ2) is 10.5. The average Bonchev–Trinajstić information content (AvgIpc) is 2.73. The summed E-state index contributed by atoms with van der Waals surface area (Å²) in [5, 5.41) is 3.54. The molecule has 0 unspecified atom stereocenters. The average molecular weight is 430 g/mol. The first-order valence-electron chi connectivity index (χ1n) is 10.2. The lowest BCUT2D eigenvalue weighted by atomic mass is 10.1. The summed E-state index contributed by atoms with van der Waals surface area (Å²) in [6.45, 7) is 7.03. The number of para-hydroxylation sites is 1. The van der Waals surface area contributed by atoms with E-state index in [9.17, 15) is 9.59 Å². The van der Waals surface area contributed by atoms with Crippen molar-refractivity contribution in [1.82, 2.24) is 15.1 Å². The minimum atomic E-state index is -0.0592. The Kier molecular flexibility index (Phi) is 7.71. The molecule has 1 saturated heterocycles. The molecule has 6 nitrogen and oxygen atoms in total. The van der Waals surface area contributed by atoms with Gasteiger partial charge in [-0.1, -0.05) is 41.9 Å². The highest BCUT2D eigenvalue weighted by Gasteiger charge is 2.25. The number of halogens is 1. The molecule has 7 heteroatoms. The highest BCUT2D eigenvalue weighted by Crippen LogP contribution is 2.23. The molecule has 2 aromatic rings. The second-order valence-electron chi connectivity index (χ2n) is 7.67. The van der Waals surface area contributed by atoms with E-state index in [0.29, 0.717) is 55.7 Å². The lowest BCUT2D eigenvalue weighted by Crippen LogP contribution is -2.51. The smallest absolute Gasteiger partial charge is 0.257 e. The van der Waals surface area contributed by atoms with E-state index in [4.69, 9.17) is 16.3 Å². The summed E-state index contributed by atoms with van der Waals surface area (Å²) >= 11 is 6.20. The van der Waals surface area contributed by atoms with Crippen LogP contribution in [0.15, 0.2) is 48.5 Å². The van der Waals surface area contributed by atoms with Crippen LogP contribution in [0.4, 0.5) is 0 Å². The van der Waals surface area contributed by atoms with Crippen molar-refractivity contribution in [3.63, 3.8) is 0 Å². The third-order valence-corrected chi connectivity index (χ3v) is 5.30. The Balaban J connectivity index is 1.58. The van der Waals surface area contributed by atoms with Crippen LogP contribution in [-0.4, -0.2) is 60.4 Å². The topological polar surface area (TPSA) is 61.9 Å². The standard InChI is InChI=1S/C23H28ClN3O3/c1-17(2)25-22(28)15-26-11-13-27(14-12-26)23(29)19-8-4-6-10-21(19)30-16-18-7-3-5-9-20(18)24/h3-10,17H,11-16H2,1-2H3,(H,25,28). The first kappa shape index (κ1) is 22.1. The van der Waals surface area contributed by atoms with E-state index in [1.54, 1.807) is 12.1 Å². The molecule has 3 rings (SSSR count). The summed E-state index contributed by atoms with van der Waals surface area (Å²) in [6.07, 6.45) is 0. The normalized spacial score (nSPS) is 14.6. The van der Waals surface area contributed by atoms with Gasteiger partial charge in [0.15, 0.2) is 0 Å². The molecule has 1 heterocycles. The Labute approximate surface area is 182 Å². The third kappa shape index (κ3) is 5.97. The Hall–Kier alpha value is -2.57. The molecule has 1 fully saturated rings. The maximum atomic E-state index is 13.1. The molecule has 0 aromatic heterocycles.